The standard InChI is InChI=1S/C40H20F12N6/c41-37(42,43)25-5-9-53-29(17-25)33-13-23(14-34(57-33)30-18-26(6-10-54-30)38(44,45)46)21-1-2-22(4-3-21)24-15-35(31-19-27(7-11-55-31)39(47,48)49)58-36(16-24)32-20-28(8-12-56-32)40(50,51)52/h1-20H. The van der Waals surface area contributed by atoms with E-state index in [4.69, 9.17) is 0 Å². The summed E-state index contributed by atoms with van der Waals surface area (Å²) >= 11 is 0. The van der Waals surface area contributed by atoms with Crippen molar-refractivity contribution >= 4 is 0 Å². The van der Waals surface area contributed by atoms with Gasteiger partial charge in [0.05, 0.1) is 67.8 Å². The number of nitrogens with zero attached hydrogens (tertiary/aromatic N) is 6. The Hall–Kier alpha value is -6.72. The zero-order valence-corrected chi connectivity index (χ0v) is 28.8. The largest absolute Gasteiger partial charge is 0.416 e. The van der Waals surface area contributed by atoms with Gasteiger partial charge in [0, 0.05) is 24.8 Å². The zero-order chi connectivity index (χ0) is 41.6. The van der Waals surface area contributed by atoms with E-state index in [1.165, 1.54) is 48.5 Å². The number of aromatic nitrogens is 6. The lowest BCUT2D eigenvalue weighted by atomic mass is 9.97. The van der Waals surface area contributed by atoms with Crippen molar-refractivity contribution in [2.24, 2.45) is 0 Å². The molecule has 6 nitrogen and oxygen atoms in total. The third-order valence-corrected chi connectivity index (χ3v) is 8.60. The van der Waals surface area contributed by atoms with Crippen LogP contribution >= 0.6 is 0 Å². The van der Waals surface area contributed by atoms with Gasteiger partial charge in [-0.2, -0.15) is 52.7 Å². The van der Waals surface area contributed by atoms with E-state index in [0.717, 1.165) is 73.3 Å². The molecule has 0 bridgehead atoms. The van der Waals surface area contributed by atoms with Gasteiger partial charge in [0.15, 0.2) is 0 Å². The topological polar surface area (TPSA) is 77.3 Å². The van der Waals surface area contributed by atoms with Gasteiger partial charge >= 0.3 is 24.7 Å². The van der Waals surface area contributed by atoms with E-state index >= 15 is 0 Å². The maximum Gasteiger partial charge on any atom is 0.416 e. The second-order valence-electron chi connectivity index (χ2n) is 12.5. The van der Waals surface area contributed by atoms with Gasteiger partial charge in [-0.05, 0) is 95.1 Å². The van der Waals surface area contributed by atoms with E-state index in [0.29, 0.717) is 11.1 Å². The normalized spacial score (nSPS) is 12.5. The van der Waals surface area contributed by atoms with Crippen LogP contribution in [0.3, 0.4) is 0 Å². The molecule has 0 aliphatic heterocycles. The third-order valence-electron chi connectivity index (χ3n) is 8.60. The summed E-state index contributed by atoms with van der Waals surface area (Å²) in [6, 6.07) is 17.5. The monoisotopic (exact) mass is 812 g/mol. The molecule has 294 valence electrons. The summed E-state index contributed by atoms with van der Waals surface area (Å²) in [5.41, 5.74) is -4.43. The summed E-state index contributed by atoms with van der Waals surface area (Å²) in [5.74, 6) is 0. The molecule has 0 aliphatic carbocycles. The van der Waals surface area contributed by atoms with Crippen molar-refractivity contribution < 1.29 is 52.7 Å². The molecule has 0 radical (unpaired) electrons. The zero-order valence-electron chi connectivity index (χ0n) is 28.8. The van der Waals surface area contributed by atoms with Crippen molar-refractivity contribution in [3.05, 3.63) is 144 Å². The number of hydrogen-bond donors (Lipinski definition) is 0. The minimum absolute atomic E-state index is 0.132. The molecule has 0 saturated carbocycles. The van der Waals surface area contributed by atoms with Gasteiger partial charge < -0.3 is 0 Å². The van der Waals surface area contributed by atoms with E-state index < -0.39 is 47.0 Å². The Morgan fingerprint density at radius 3 is 0.690 bits per heavy atom. The van der Waals surface area contributed by atoms with Gasteiger partial charge in [-0.3, -0.25) is 19.9 Å². The Morgan fingerprint density at radius 2 is 0.483 bits per heavy atom. The summed E-state index contributed by atoms with van der Waals surface area (Å²) in [6.07, 6.45) is -15.4. The summed E-state index contributed by atoms with van der Waals surface area (Å²) in [7, 11) is 0. The van der Waals surface area contributed by atoms with E-state index in [2.05, 4.69) is 29.9 Å². The molecule has 1 aromatic carbocycles. The average molecular weight is 813 g/mol. The van der Waals surface area contributed by atoms with Crippen LogP contribution in [0.1, 0.15) is 22.3 Å². The summed E-state index contributed by atoms with van der Waals surface area (Å²) in [6.45, 7) is 0. The molecule has 0 fully saturated rings. The minimum Gasteiger partial charge on any atom is -0.255 e. The second kappa shape index (κ2) is 14.7. The highest BCUT2D eigenvalue weighted by molar-refractivity contribution is 5.79. The lowest BCUT2D eigenvalue weighted by Crippen LogP contribution is -2.06. The highest BCUT2D eigenvalue weighted by atomic mass is 19.4. The first-order valence-electron chi connectivity index (χ1n) is 16.5. The molecular weight excluding hydrogens is 792 g/mol. The fraction of sp³-hybridized carbons (Fsp3) is 0.100. The molecule has 0 atom stereocenters. The fourth-order valence-corrected chi connectivity index (χ4v) is 5.76. The van der Waals surface area contributed by atoms with Crippen molar-refractivity contribution in [2.75, 3.05) is 0 Å². The SMILES string of the molecule is FC(F)(F)c1ccnc(-c2cc(-c3ccc(-c4cc(-c5cc(C(F)(F)F)ccn5)nc(-c5cc(C(F)(F)F)ccn5)c4)cc3)cc(-c3cc(C(F)(F)F)ccn3)n2)c1. The first-order valence-corrected chi connectivity index (χ1v) is 16.5. The smallest absolute Gasteiger partial charge is 0.255 e. The van der Waals surface area contributed by atoms with Gasteiger partial charge in [0.2, 0.25) is 0 Å². The van der Waals surface area contributed by atoms with Gasteiger partial charge in [0.25, 0.3) is 0 Å². The molecule has 7 aromatic rings. The molecular formula is C40H20F12N6. The number of rotatable bonds is 6. The predicted octanol–water partition coefficient (Wildman–Crippen LogP) is 12.1. The second-order valence-corrected chi connectivity index (χ2v) is 12.5. The van der Waals surface area contributed by atoms with E-state index in [-0.39, 0.29) is 56.7 Å². The van der Waals surface area contributed by atoms with Crippen LogP contribution in [0.4, 0.5) is 52.7 Å². The number of hydrogen-bond acceptors (Lipinski definition) is 6. The van der Waals surface area contributed by atoms with Crippen LogP contribution in [0.2, 0.25) is 0 Å². The van der Waals surface area contributed by atoms with Crippen molar-refractivity contribution in [2.45, 2.75) is 24.7 Å². The third kappa shape index (κ3) is 8.64. The van der Waals surface area contributed by atoms with Crippen LogP contribution in [0.5, 0.6) is 0 Å². The fourth-order valence-electron chi connectivity index (χ4n) is 5.76. The summed E-state index contributed by atoms with van der Waals surface area (Å²) in [4.78, 5) is 24.6. The highest BCUT2D eigenvalue weighted by Gasteiger charge is 2.34. The molecule has 0 amide bonds. The Balaban J connectivity index is 1.35. The van der Waals surface area contributed by atoms with E-state index in [9.17, 15) is 52.7 Å². The van der Waals surface area contributed by atoms with Crippen LogP contribution in [0.25, 0.3) is 67.8 Å². The average Bonchev–Trinajstić information content (AvgIpc) is 3.19. The van der Waals surface area contributed by atoms with Crippen molar-refractivity contribution in [1.82, 2.24) is 29.9 Å². The van der Waals surface area contributed by atoms with Crippen LogP contribution in [-0.4, -0.2) is 29.9 Å². The van der Waals surface area contributed by atoms with E-state index in [1.807, 2.05) is 0 Å². The van der Waals surface area contributed by atoms with Gasteiger partial charge in [-0.1, -0.05) is 24.3 Å². The number of pyridine rings is 6. The van der Waals surface area contributed by atoms with Gasteiger partial charge in [-0.25, -0.2) is 9.97 Å². The molecule has 0 saturated heterocycles. The molecule has 7 rings (SSSR count). The summed E-state index contributed by atoms with van der Waals surface area (Å²) < 4.78 is 163. The maximum atomic E-state index is 13.6. The molecule has 0 N–H and O–H groups in total. The first kappa shape index (κ1) is 39.5. The predicted molar refractivity (Wildman–Crippen MR) is 186 cm³/mol. The number of benzene rings is 1. The molecule has 6 aromatic heterocycles. The number of alkyl halides is 12. The van der Waals surface area contributed by atoms with E-state index in [1.54, 1.807) is 0 Å². The Kier molecular flexibility index (Phi) is 9.98. The Morgan fingerprint density at radius 1 is 0.259 bits per heavy atom. The van der Waals surface area contributed by atoms with Gasteiger partial charge in [0.1, 0.15) is 0 Å². The Labute approximate surface area is 319 Å². The quantitative estimate of drug-likeness (QED) is 0.156. The van der Waals surface area contributed by atoms with Crippen LogP contribution in [0.15, 0.2) is 122 Å². The molecule has 0 aliphatic rings. The lowest BCUT2D eigenvalue weighted by Gasteiger charge is -2.14. The molecule has 0 unspecified atom stereocenters. The van der Waals surface area contributed by atoms with Crippen LogP contribution in [-0.2, 0) is 24.7 Å². The van der Waals surface area contributed by atoms with Crippen LogP contribution < -0.4 is 0 Å². The molecule has 18 heteroatoms. The Bertz CT molecular complexity index is 2300. The lowest BCUT2D eigenvalue weighted by molar-refractivity contribution is -0.138. The van der Waals surface area contributed by atoms with Crippen LogP contribution in [0, 0.1) is 0 Å². The van der Waals surface area contributed by atoms with Crippen molar-refractivity contribution in [3.8, 4) is 67.8 Å². The minimum atomic E-state index is -4.75. The molecule has 58 heavy (non-hydrogen) atoms. The molecule has 0 spiro atoms. The van der Waals surface area contributed by atoms with Crippen molar-refractivity contribution in [3.63, 3.8) is 0 Å². The van der Waals surface area contributed by atoms with Gasteiger partial charge in [-0.15, -0.1) is 0 Å². The van der Waals surface area contributed by atoms with Crippen molar-refractivity contribution in [1.29, 1.82) is 0 Å². The number of halogens is 12. The maximum absolute atomic E-state index is 13.6. The molecule has 6 heterocycles. The summed E-state index contributed by atoms with van der Waals surface area (Å²) in [5, 5.41) is 0. The first-order chi connectivity index (χ1) is 27.2. The highest BCUT2D eigenvalue weighted by Crippen LogP contribution is 2.38.